The number of aryl methyl sites for hydroxylation is 3. The Bertz CT molecular complexity index is 1330. The predicted octanol–water partition coefficient (Wildman–Crippen LogP) is 4.14. The van der Waals surface area contributed by atoms with Gasteiger partial charge in [-0.25, -0.2) is 4.98 Å². The van der Waals surface area contributed by atoms with Crippen molar-refractivity contribution >= 4 is 17.5 Å². The molecular formula is C29H32N4O3. The number of hydrogen-bond acceptors (Lipinski definition) is 5. The molecule has 2 aromatic heterocycles. The number of rotatable bonds is 7. The number of carbonyl (C=O) groups excluding carboxylic acids is 2. The monoisotopic (exact) mass is 484 g/mol. The van der Waals surface area contributed by atoms with Crippen LogP contribution in [0.5, 0.6) is 5.75 Å². The second-order valence-corrected chi connectivity index (χ2v) is 10.2. The zero-order chi connectivity index (χ0) is 24.6. The second kappa shape index (κ2) is 9.45. The summed E-state index contributed by atoms with van der Waals surface area (Å²) in [5.74, 6) is 1.95. The summed E-state index contributed by atoms with van der Waals surface area (Å²) >= 11 is 0. The summed E-state index contributed by atoms with van der Waals surface area (Å²) in [6.07, 6.45) is 7.22. The zero-order valence-electron chi connectivity index (χ0n) is 20.8. The Hall–Kier alpha value is -3.61. The fraction of sp³-hybridized carbons (Fsp3) is 0.414. The topological polar surface area (TPSA) is 76.5 Å². The van der Waals surface area contributed by atoms with Crippen molar-refractivity contribution in [2.24, 2.45) is 0 Å². The van der Waals surface area contributed by atoms with Gasteiger partial charge in [-0.05, 0) is 73.1 Å². The van der Waals surface area contributed by atoms with Gasteiger partial charge in [0.1, 0.15) is 23.0 Å². The van der Waals surface area contributed by atoms with E-state index in [0.717, 1.165) is 73.6 Å². The van der Waals surface area contributed by atoms with Gasteiger partial charge in [0.2, 0.25) is 0 Å². The maximum absolute atomic E-state index is 13.6. The molecule has 3 aromatic rings. The van der Waals surface area contributed by atoms with Gasteiger partial charge >= 0.3 is 0 Å². The van der Waals surface area contributed by atoms with Gasteiger partial charge in [-0.15, -0.1) is 0 Å². The van der Waals surface area contributed by atoms with Crippen LogP contribution in [0.15, 0.2) is 42.6 Å². The summed E-state index contributed by atoms with van der Waals surface area (Å²) in [7, 11) is 0. The maximum atomic E-state index is 13.6. The Labute approximate surface area is 211 Å². The second-order valence-electron chi connectivity index (χ2n) is 10.2. The van der Waals surface area contributed by atoms with Crippen molar-refractivity contribution in [2.45, 2.75) is 58.0 Å². The van der Waals surface area contributed by atoms with Crippen LogP contribution in [-0.2, 0) is 37.0 Å². The van der Waals surface area contributed by atoms with Crippen LogP contribution < -0.4 is 10.1 Å². The minimum absolute atomic E-state index is 0.0173. The highest BCUT2D eigenvalue weighted by Crippen LogP contribution is 2.34. The summed E-state index contributed by atoms with van der Waals surface area (Å²) in [6.45, 7) is 4.56. The lowest BCUT2D eigenvalue weighted by Crippen LogP contribution is -2.42. The number of fused-ring (bicyclic) bond motifs is 3. The number of carbonyl (C=O) groups is 2. The molecule has 1 N–H and O–H groups in total. The first kappa shape index (κ1) is 22.8. The van der Waals surface area contributed by atoms with Crippen molar-refractivity contribution in [3.8, 4) is 5.75 Å². The van der Waals surface area contributed by atoms with Crippen LogP contribution in [0.2, 0.25) is 0 Å². The summed E-state index contributed by atoms with van der Waals surface area (Å²) in [5, 5.41) is 3.41. The average Bonchev–Trinajstić information content (AvgIpc) is 3.53. The molecule has 1 aromatic carbocycles. The third-order valence-electron chi connectivity index (χ3n) is 7.60. The molecule has 0 radical (unpaired) electrons. The minimum Gasteiger partial charge on any atom is -0.493 e. The van der Waals surface area contributed by atoms with Crippen molar-refractivity contribution in [1.82, 2.24) is 14.5 Å². The number of ether oxygens (including phenoxy) is 1. The van der Waals surface area contributed by atoms with E-state index in [0.29, 0.717) is 25.3 Å². The number of anilines is 1. The number of benzene rings is 1. The Kier molecular flexibility index (Phi) is 5.99. The Morgan fingerprint density at radius 3 is 2.89 bits per heavy atom. The van der Waals surface area contributed by atoms with Gasteiger partial charge in [0.05, 0.1) is 12.6 Å². The van der Waals surface area contributed by atoms with Gasteiger partial charge in [0.15, 0.2) is 0 Å². The molecule has 36 heavy (non-hydrogen) atoms. The molecule has 3 aliphatic rings. The standard InChI is InChI=1S/C29H32N4O3/c1-19(34)15-25(23-6-5-21-10-14-36-27(21)17-23)33-13-12-32-18-20(16-26(32)29(33)35)4-8-24-9-7-22-3-2-11-30-28(22)31-24/h5-7,9,16-18,25H,2-4,8,10-15H2,1H3,(H,30,31)/t25-/m0/s1. The number of nitrogens with zero attached hydrogens (tertiary/aromatic N) is 3. The summed E-state index contributed by atoms with van der Waals surface area (Å²) in [6, 6.07) is 12.2. The van der Waals surface area contributed by atoms with E-state index >= 15 is 0 Å². The van der Waals surface area contributed by atoms with Crippen LogP contribution in [0.4, 0.5) is 5.82 Å². The van der Waals surface area contributed by atoms with Crippen LogP contribution in [0.25, 0.3) is 0 Å². The van der Waals surface area contributed by atoms with E-state index in [1.165, 1.54) is 11.1 Å². The van der Waals surface area contributed by atoms with E-state index in [4.69, 9.17) is 9.72 Å². The normalized spacial score (nSPS) is 17.0. The highest BCUT2D eigenvalue weighted by atomic mass is 16.5. The zero-order valence-corrected chi connectivity index (χ0v) is 20.8. The van der Waals surface area contributed by atoms with Crippen molar-refractivity contribution in [2.75, 3.05) is 25.0 Å². The van der Waals surface area contributed by atoms with E-state index < -0.39 is 0 Å². The van der Waals surface area contributed by atoms with Crippen molar-refractivity contribution in [3.05, 3.63) is 76.2 Å². The molecule has 0 saturated carbocycles. The van der Waals surface area contributed by atoms with Gasteiger partial charge in [-0.1, -0.05) is 18.2 Å². The smallest absolute Gasteiger partial charge is 0.271 e. The molecule has 5 heterocycles. The number of nitrogens with one attached hydrogen (secondary N) is 1. The van der Waals surface area contributed by atoms with Crippen LogP contribution >= 0.6 is 0 Å². The molecule has 7 heteroatoms. The number of hydrogen-bond donors (Lipinski definition) is 1. The van der Waals surface area contributed by atoms with E-state index in [1.54, 1.807) is 6.92 Å². The first-order valence-corrected chi connectivity index (χ1v) is 13.0. The molecule has 0 fully saturated rings. The van der Waals surface area contributed by atoms with E-state index in [9.17, 15) is 9.59 Å². The number of Topliss-reactive ketones (excluding diaryl/α,β-unsaturated/α-hetero) is 1. The lowest BCUT2D eigenvalue weighted by Gasteiger charge is -2.35. The Morgan fingerprint density at radius 2 is 2.00 bits per heavy atom. The maximum Gasteiger partial charge on any atom is 0.271 e. The molecule has 0 unspecified atom stereocenters. The molecule has 6 rings (SSSR count). The van der Waals surface area contributed by atoms with Gasteiger partial charge in [0.25, 0.3) is 5.91 Å². The lowest BCUT2D eigenvalue weighted by molar-refractivity contribution is -0.118. The minimum atomic E-state index is -0.288. The van der Waals surface area contributed by atoms with Gasteiger partial charge in [-0.3, -0.25) is 9.59 Å². The molecule has 0 saturated heterocycles. The number of aromatic nitrogens is 2. The predicted molar refractivity (Wildman–Crippen MR) is 138 cm³/mol. The van der Waals surface area contributed by atoms with E-state index in [1.807, 2.05) is 23.1 Å². The quantitative estimate of drug-likeness (QED) is 0.546. The van der Waals surface area contributed by atoms with Gasteiger partial charge in [0, 0.05) is 44.4 Å². The van der Waals surface area contributed by atoms with E-state index in [2.05, 4.69) is 34.3 Å². The fourth-order valence-corrected chi connectivity index (χ4v) is 5.68. The van der Waals surface area contributed by atoms with Crippen LogP contribution in [0.1, 0.15) is 64.2 Å². The average molecular weight is 485 g/mol. The summed E-state index contributed by atoms with van der Waals surface area (Å²) < 4.78 is 7.82. The summed E-state index contributed by atoms with van der Waals surface area (Å²) in [5.41, 5.74) is 6.36. The highest BCUT2D eigenvalue weighted by Gasteiger charge is 2.33. The number of ketones is 1. The van der Waals surface area contributed by atoms with Crippen LogP contribution in [0, 0.1) is 0 Å². The van der Waals surface area contributed by atoms with Crippen LogP contribution in [0.3, 0.4) is 0 Å². The Balaban J connectivity index is 1.20. The third kappa shape index (κ3) is 4.38. The van der Waals surface area contributed by atoms with Gasteiger partial charge in [-0.2, -0.15) is 0 Å². The summed E-state index contributed by atoms with van der Waals surface area (Å²) in [4.78, 5) is 32.5. The lowest BCUT2D eigenvalue weighted by atomic mass is 9.97. The first-order chi connectivity index (χ1) is 17.5. The van der Waals surface area contributed by atoms with Crippen LogP contribution in [-0.4, -0.2) is 45.8 Å². The highest BCUT2D eigenvalue weighted by molar-refractivity contribution is 5.94. The third-order valence-corrected chi connectivity index (χ3v) is 7.60. The molecule has 0 aliphatic carbocycles. The van der Waals surface area contributed by atoms with Crippen molar-refractivity contribution in [3.63, 3.8) is 0 Å². The largest absolute Gasteiger partial charge is 0.493 e. The number of pyridine rings is 1. The first-order valence-electron chi connectivity index (χ1n) is 13.0. The molecule has 1 atom stereocenters. The Morgan fingerprint density at radius 1 is 1.11 bits per heavy atom. The van der Waals surface area contributed by atoms with Crippen molar-refractivity contribution in [1.29, 1.82) is 0 Å². The fourth-order valence-electron chi connectivity index (χ4n) is 5.68. The van der Waals surface area contributed by atoms with Gasteiger partial charge < -0.3 is 19.5 Å². The molecule has 1 amide bonds. The van der Waals surface area contributed by atoms with E-state index in [-0.39, 0.29) is 17.7 Å². The number of amides is 1. The molecule has 7 nitrogen and oxygen atoms in total. The molecular weight excluding hydrogens is 452 g/mol. The molecule has 3 aliphatic heterocycles. The SMILES string of the molecule is CC(=O)C[C@@H](c1ccc2c(c1)OCC2)N1CCn2cc(CCc3ccc4c(n3)NCCC4)cc2C1=O. The van der Waals surface area contributed by atoms with Crippen molar-refractivity contribution < 1.29 is 14.3 Å². The molecule has 186 valence electrons. The molecule has 0 spiro atoms. The molecule has 0 bridgehead atoms.